The lowest BCUT2D eigenvalue weighted by molar-refractivity contribution is -0.137. The highest BCUT2D eigenvalue weighted by molar-refractivity contribution is 5.58. The first kappa shape index (κ1) is 12.2. The molecule has 2 nitrogen and oxygen atoms in total. The fourth-order valence-electron chi connectivity index (χ4n) is 2.15. The molecule has 0 spiro atoms. The van der Waals surface area contributed by atoms with Crippen molar-refractivity contribution in [1.29, 1.82) is 0 Å². The number of nitrogens with one attached hydrogen (secondary N) is 1. The van der Waals surface area contributed by atoms with Gasteiger partial charge in [-0.1, -0.05) is 0 Å². The van der Waals surface area contributed by atoms with Crippen molar-refractivity contribution in [3.05, 3.63) is 29.3 Å². The van der Waals surface area contributed by atoms with Gasteiger partial charge in [0.15, 0.2) is 0 Å². The summed E-state index contributed by atoms with van der Waals surface area (Å²) in [5.74, 6) is 0. The molecule has 0 radical (unpaired) electrons. The summed E-state index contributed by atoms with van der Waals surface area (Å²) in [6.07, 6.45) is -1.83. The van der Waals surface area contributed by atoms with Crippen molar-refractivity contribution in [3.63, 3.8) is 0 Å². The van der Waals surface area contributed by atoms with Crippen molar-refractivity contribution in [1.82, 2.24) is 0 Å². The van der Waals surface area contributed by atoms with Crippen LogP contribution < -0.4 is 11.1 Å². The van der Waals surface area contributed by atoms with Gasteiger partial charge in [0.2, 0.25) is 0 Å². The molecule has 2 rings (SSSR count). The highest BCUT2D eigenvalue weighted by Crippen LogP contribution is 2.35. The Kier molecular flexibility index (Phi) is 3.28. The molecule has 5 heteroatoms. The lowest BCUT2D eigenvalue weighted by atomic mass is 10.0. The number of hydrogen-bond acceptors (Lipinski definition) is 2. The molecule has 0 bridgehead atoms. The second-order valence-corrected chi connectivity index (χ2v) is 4.35. The van der Waals surface area contributed by atoms with Crippen molar-refractivity contribution in [3.8, 4) is 0 Å². The van der Waals surface area contributed by atoms with E-state index in [4.69, 9.17) is 5.73 Å². The number of hydrogen-bond donors (Lipinski definition) is 2. The molecule has 17 heavy (non-hydrogen) atoms. The van der Waals surface area contributed by atoms with Gasteiger partial charge in [0.1, 0.15) is 0 Å². The van der Waals surface area contributed by atoms with Crippen LogP contribution in [0.15, 0.2) is 18.2 Å². The topological polar surface area (TPSA) is 38.0 Å². The standard InChI is InChI=1S/C12H15F3N2/c13-12(14,15)9-3-4-11-8(6-9)7-10(17-11)2-1-5-16/h3-4,6,10,17H,1-2,5,7,16H2. The molecule has 1 unspecified atom stereocenters. The zero-order valence-corrected chi connectivity index (χ0v) is 9.35. The minimum atomic E-state index is -4.26. The van der Waals surface area contributed by atoms with E-state index in [1.165, 1.54) is 12.1 Å². The third-order valence-corrected chi connectivity index (χ3v) is 3.02. The van der Waals surface area contributed by atoms with Gasteiger partial charge in [-0.25, -0.2) is 0 Å². The summed E-state index contributed by atoms with van der Waals surface area (Å²) in [5, 5.41) is 3.23. The molecular weight excluding hydrogens is 229 g/mol. The molecule has 1 aliphatic heterocycles. The van der Waals surface area contributed by atoms with Crippen LogP contribution in [-0.2, 0) is 12.6 Å². The van der Waals surface area contributed by atoms with Gasteiger partial charge in [-0.15, -0.1) is 0 Å². The summed E-state index contributed by atoms with van der Waals surface area (Å²) in [4.78, 5) is 0. The minimum absolute atomic E-state index is 0.219. The average molecular weight is 244 g/mol. The predicted octanol–water partition coefficient (Wildman–Crippen LogP) is 2.78. The van der Waals surface area contributed by atoms with Crippen molar-refractivity contribution in [2.75, 3.05) is 11.9 Å². The number of benzene rings is 1. The van der Waals surface area contributed by atoms with Crippen molar-refractivity contribution >= 4 is 5.69 Å². The molecule has 1 aliphatic rings. The van der Waals surface area contributed by atoms with Crippen molar-refractivity contribution < 1.29 is 13.2 Å². The van der Waals surface area contributed by atoms with Gasteiger partial charge in [0.25, 0.3) is 0 Å². The maximum Gasteiger partial charge on any atom is 0.416 e. The van der Waals surface area contributed by atoms with E-state index >= 15 is 0 Å². The maximum absolute atomic E-state index is 12.5. The summed E-state index contributed by atoms with van der Waals surface area (Å²) < 4.78 is 37.6. The van der Waals surface area contributed by atoms with E-state index in [0.29, 0.717) is 13.0 Å². The minimum Gasteiger partial charge on any atom is -0.382 e. The Morgan fingerprint density at radius 2 is 2.12 bits per heavy atom. The van der Waals surface area contributed by atoms with E-state index in [9.17, 15) is 13.2 Å². The number of halogens is 3. The molecule has 0 aromatic heterocycles. The SMILES string of the molecule is NCCCC1Cc2cc(C(F)(F)F)ccc2N1. The van der Waals surface area contributed by atoms with E-state index in [1.807, 2.05) is 0 Å². The highest BCUT2D eigenvalue weighted by atomic mass is 19.4. The molecule has 0 saturated heterocycles. The summed E-state index contributed by atoms with van der Waals surface area (Å²) in [6, 6.07) is 4.10. The summed E-state index contributed by atoms with van der Waals surface area (Å²) in [6.45, 7) is 0.613. The number of fused-ring (bicyclic) bond motifs is 1. The molecule has 0 saturated carbocycles. The van der Waals surface area contributed by atoms with E-state index < -0.39 is 11.7 Å². The highest BCUT2D eigenvalue weighted by Gasteiger charge is 2.32. The molecule has 1 heterocycles. The fourth-order valence-corrected chi connectivity index (χ4v) is 2.15. The second-order valence-electron chi connectivity index (χ2n) is 4.35. The van der Waals surface area contributed by atoms with Gasteiger partial charge >= 0.3 is 6.18 Å². The molecule has 94 valence electrons. The predicted molar refractivity (Wildman–Crippen MR) is 60.8 cm³/mol. The lowest BCUT2D eigenvalue weighted by Gasteiger charge is -2.09. The number of anilines is 1. The fraction of sp³-hybridized carbons (Fsp3) is 0.500. The van der Waals surface area contributed by atoms with E-state index in [1.54, 1.807) is 0 Å². The first-order chi connectivity index (χ1) is 8.00. The van der Waals surface area contributed by atoms with Crippen LogP contribution in [0.3, 0.4) is 0 Å². The zero-order valence-electron chi connectivity index (χ0n) is 9.35. The van der Waals surface area contributed by atoms with Gasteiger partial charge in [-0.2, -0.15) is 13.2 Å². The second kappa shape index (κ2) is 4.56. The molecule has 1 aromatic rings. The molecular formula is C12H15F3N2. The lowest BCUT2D eigenvalue weighted by Crippen LogP contribution is -2.16. The third kappa shape index (κ3) is 2.72. The summed E-state index contributed by atoms with van der Waals surface area (Å²) in [5.41, 5.74) is 6.42. The summed E-state index contributed by atoms with van der Waals surface area (Å²) >= 11 is 0. The van der Waals surface area contributed by atoms with Gasteiger partial charge in [-0.3, -0.25) is 0 Å². The quantitative estimate of drug-likeness (QED) is 0.858. The Hall–Kier alpha value is -1.23. The van der Waals surface area contributed by atoms with Crippen LogP contribution in [0.25, 0.3) is 0 Å². The monoisotopic (exact) mass is 244 g/mol. The first-order valence-electron chi connectivity index (χ1n) is 5.67. The Bertz CT molecular complexity index is 401. The van der Waals surface area contributed by atoms with Gasteiger partial charge < -0.3 is 11.1 Å². The molecule has 1 atom stereocenters. The van der Waals surface area contributed by atoms with Gasteiger partial charge in [-0.05, 0) is 49.6 Å². The van der Waals surface area contributed by atoms with Crippen LogP contribution in [0.5, 0.6) is 0 Å². The smallest absolute Gasteiger partial charge is 0.382 e. The first-order valence-corrected chi connectivity index (χ1v) is 5.67. The van der Waals surface area contributed by atoms with Crippen LogP contribution in [0.1, 0.15) is 24.0 Å². The Morgan fingerprint density at radius 1 is 1.35 bits per heavy atom. The Morgan fingerprint density at radius 3 is 2.76 bits per heavy atom. The van der Waals surface area contributed by atoms with Gasteiger partial charge in [0.05, 0.1) is 5.56 Å². The molecule has 1 aromatic carbocycles. The Labute approximate surface area is 98.0 Å². The third-order valence-electron chi connectivity index (χ3n) is 3.02. The van der Waals surface area contributed by atoms with Crippen LogP contribution in [0.4, 0.5) is 18.9 Å². The average Bonchev–Trinajstić information content (AvgIpc) is 2.66. The molecule has 0 amide bonds. The van der Waals surface area contributed by atoms with Crippen LogP contribution in [-0.4, -0.2) is 12.6 Å². The van der Waals surface area contributed by atoms with Crippen molar-refractivity contribution in [2.45, 2.75) is 31.5 Å². The van der Waals surface area contributed by atoms with Crippen LogP contribution in [0, 0.1) is 0 Å². The van der Waals surface area contributed by atoms with E-state index in [2.05, 4.69) is 5.32 Å². The summed E-state index contributed by atoms with van der Waals surface area (Å²) in [7, 11) is 0. The zero-order chi connectivity index (χ0) is 12.5. The number of alkyl halides is 3. The Balaban J connectivity index is 2.11. The van der Waals surface area contributed by atoms with Crippen molar-refractivity contribution in [2.24, 2.45) is 5.73 Å². The molecule has 0 fully saturated rings. The normalized spacial score (nSPS) is 18.9. The van der Waals surface area contributed by atoms with Crippen LogP contribution >= 0.6 is 0 Å². The number of rotatable bonds is 3. The largest absolute Gasteiger partial charge is 0.416 e. The van der Waals surface area contributed by atoms with Gasteiger partial charge in [0, 0.05) is 11.7 Å². The van der Waals surface area contributed by atoms with E-state index in [-0.39, 0.29) is 6.04 Å². The molecule has 0 aliphatic carbocycles. The van der Waals surface area contributed by atoms with E-state index in [0.717, 1.165) is 30.2 Å². The molecule has 3 N–H and O–H groups in total. The van der Waals surface area contributed by atoms with Crippen LogP contribution in [0.2, 0.25) is 0 Å². The maximum atomic E-state index is 12.5. The number of nitrogens with two attached hydrogens (primary N) is 1.